The first kappa shape index (κ1) is 16.2. The van der Waals surface area contributed by atoms with Crippen LogP contribution in [0.4, 0.5) is 5.69 Å². The highest BCUT2D eigenvalue weighted by molar-refractivity contribution is 9.10. The summed E-state index contributed by atoms with van der Waals surface area (Å²) in [5.41, 5.74) is 3.41. The second kappa shape index (κ2) is 7.72. The zero-order valence-corrected chi connectivity index (χ0v) is 13.6. The average Bonchev–Trinajstić information content (AvgIpc) is 2.51. The lowest BCUT2D eigenvalue weighted by atomic mass is 10.2. The molecular weight excluding hydrogens is 370 g/mol. The highest BCUT2D eigenvalue weighted by Gasteiger charge is 2.13. The summed E-state index contributed by atoms with van der Waals surface area (Å²) in [5, 5.41) is 6.80. The minimum atomic E-state index is -0.860. The van der Waals surface area contributed by atoms with Crippen molar-refractivity contribution in [3.63, 3.8) is 0 Å². The number of anilines is 1. The van der Waals surface area contributed by atoms with Crippen LogP contribution < -0.4 is 10.7 Å². The molecule has 7 heteroatoms. The van der Waals surface area contributed by atoms with Crippen molar-refractivity contribution in [2.75, 3.05) is 5.32 Å². The van der Waals surface area contributed by atoms with Crippen LogP contribution in [0.2, 0.25) is 5.02 Å². The third kappa shape index (κ3) is 4.68. The predicted molar refractivity (Wildman–Crippen MR) is 90.0 cm³/mol. The Balaban J connectivity index is 1.90. The van der Waals surface area contributed by atoms with Crippen LogP contribution in [0.1, 0.15) is 5.56 Å². The number of nitrogens with one attached hydrogen (secondary N) is 2. The minimum Gasteiger partial charge on any atom is -0.317 e. The fraction of sp³-hybridized carbons (Fsp3) is 0. The lowest BCUT2D eigenvalue weighted by molar-refractivity contribution is -0.136. The van der Waals surface area contributed by atoms with Crippen molar-refractivity contribution in [2.24, 2.45) is 5.10 Å². The summed E-state index contributed by atoms with van der Waals surface area (Å²) < 4.78 is 0.681. The molecule has 22 heavy (non-hydrogen) atoms. The van der Waals surface area contributed by atoms with E-state index >= 15 is 0 Å². The number of halogens is 2. The molecule has 0 bridgehead atoms. The molecule has 0 fully saturated rings. The van der Waals surface area contributed by atoms with Gasteiger partial charge in [0.05, 0.1) is 11.9 Å². The van der Waals surface area contributed by atoms with Gasteiger partial charge in [0.1, 0.15) is 0 Å². The van der Waals surface area contributed by atoms with Crippen LogP contribution in [0.3, 0.4) is 0 Å². The first-order valence-corrected chi connectivity index (χ1v) is 7.38. The summed E-state index contributed by atoms with van der Waals surface area (Å²) in [4.78, 5) is 23.3. The number of hydrogen-bond acceptors (Lipinski definition) is 3. The van der Waals surface area contributed by atoms with E-state index in [1.807, 2.05) is 0 Å². The molecule has 2 aromatic carbocycles. The number of hydrogen-bond donors (Lipinski definition) is 2. The molecular formula is C15H11BrClN3O2. The van der Waals surface area contributed by atoms with E-state index in [0.717, 1.165) is 5.56 Å². The Labute approximate surface area is 140 Å². The Morgan fingerprint density at radius 2 is 1.73 bits per heavy atom. The third-order valence-electron chi connectivity index (χ3n) is 2.58. The molecule has 0 saturated carbocycles. The first-order valence-electron chi connectivity index (χ1n) is 6.21. The fourth-order valence-corrected chi connectivity index (χ4v) is 2.02. The summed E-state index contributed by atoms with van der Waals surface area (Å²) in [6.45, 7) is 0. The minimum absolute atomic E-state index is 0.504. The number of amides is 2. The van der Waals surface area contributed by atoms with E-state index in [1.54, 1.807) is 48.5 Å². The molecule has 2 N–H and O–H groups in total. The molecule has 2 amide bonds. The van der Waals surface area contributed by atoms with Gasteiger partial charge in [0, 0.05) is 9.50 Å². The van der Waals surface area contributed by atoms with Crippen molar-refractivity contribution in [2.45, 2.75) is 0 Å². The lowest BCUT2D eigenvalue weighted by Gasteiger charge is -2.05. The van der Waals surface area contributed by atoms with E-state index in [9.17, 15) is 9.59 Å². The Morgan fingerprint density at radius 3 is 2.41 bits per heavy atom. The number of rotatable bonds is 3. The molecule has 112 valence electrons. The van der Waals surface area contributed by atoms with Gasteiger partial charge in [-0.1, -0.05) is 35.9 Å². The van der Waals surface area contributed by atoms with Gasteiger partial charge < -0.3 is 5.32 Å². The van der Waals surface area contributed by atoms with Gasteiger partial charge in [-0.2, -0.15) is 5.10 Å². The maximum absolute atomic E-state index is 11.7. The second-order valence-corrected chi connectivity index (χ2v) is 5.48. The van der Waals surface area contributed by atoms with Crippen LogP contribution in [-0.4, -0.2) is 18.0 Å². The zero-order chi connectivity index (χ0) is 15.9. The molecule has 0 aliphatic rings. The maximum atomic E-state index is 11.7. The number of benzene rings is 2. The van der Waals surface area contributed by atoms with Crippen LogP contribution in [0.25, 0.3) is 0 Å². The summed E-state index contributed by atoms with van der Waals surface area (Å²) in [7, 11) is 0. The van der Waals surface area contributed by atoms with Crippen molar-refractivity contribution in [1.29, 1.82) is 0 Å². The van der Waals surface area contributed by atoms with E-state index in [0.29, 0.717) is 15.2 Å². The predicted octanol–water partition coefficient (Wildman–Crippen LogP) is 3.19. The van der Waals surface area contributed by atoms with Crippen molar-refractivity contribution < 1.29 is 9.59 Å². The van der Waals surface area contributed by atoms with Crippen LogP contribution in [0.5, 0.6) is 0 Å². The monoisotopic (exact) mass is 379 g/mol. The lowest BCUT2D eigenvalue weighted by Crippen LogP contribution is -2.32. The van der Waals surface area contributed by atoms with Gasteiger partial charge in [-0.15, -0.1) is 0 Å². The van der Waals surface area contributed by atoms with Crippen molar-refractivity contribution in [3.05, 3.63) is 63.6 Å². The fourth-order valence-electron chi connectivity index (χ4n) is 1.51. The standard InChI is InChI=1S/C15H11BrClN3O2/c16-12-3-1-2-4-13(12)19-14(21)15(22)20-18-9-10-5-7-11(17)8-6-10/h1-9H,(H,19,21)(H,20,22)/b18-9-. The Kier molecular flexibility index (Phi) is 5.68. The highest BCUT2D eigenvalue weighted by atomic mass is 79.9. The number of carbonyl (C=O) groups is 2. The first-order chi connectivity index (χ1) is 10.6. The maximum Gasteiger partial charge on any atom is 0.329 e. The molecule has 2 aromatic rings. The van der Waals surface area contributed by atoms with Crippen LogP contribution in [0, 0.1) is 0 Å². The van der Waals surface area contributed by atoms with Gasteiger partial charge in [0.25, 0.3) is 0 Å². The highest BCUT2D eigenvalue weighted by Crippen LogP contribution is 2.20. The van der Waals surface area contributed by atoms with E-state index in [1.165, 1.54) is 6.21 Å². The van der Waals surface area contributed by atoms with E-state index in [-0.39, 0.29) is 0 Å². The van der Waals surface area contributed by atoms with Crippen LogP contribution in [0.15, 0.2) is 58.1 Å². The summed E-state index contributed by atoms with van der Waals surface area (Å²) in [6, 6.07) is 13.8. The van der Waals surface area contributed by atoms with Gasteiger partial charge >= 0.3 is 11.8 Å². The number of para-hydroxylation sites is 1. The van der Waals surface area contributed by atoms with Gasteiger partial charge in [-0.3, -0.25) is 9.59 Å². The van der Waals surface area contributed by atoms with Crippen LogP contribution in [-0.2, 0) is 9.59 Å². The second-order valence-electron chi connectivity index (χ2n) is 4.18. The quantitative estimate of drug-likeness (QED) is 0.488. The van der Waals surface area contributed by atoms with E-state index in [2.05, 4.69) is 31.8 Å². The molecule has 5 nitrogen and oxygen atoms in total. The van der Waals surface area contributed by atoms with Gasteiger partial charge in [0.2, 0.25) is 0 Å². The Morgan fingerprint density at radius 1 is 1.05 bits per heavy atom. The topological polar surface area (TPSA) is 70.6 Å². The molecule has 0 saturated heterocycles. The van der Waals surface area contributed by atoms with Crippen molar-refractivity contribution >= 4 is 51.2 Å². The molecule has 0 atom stereocenters. The van der Waals surface area contributed by atoms with Gasteiger partial charge in [-0.05, 0) is 45.8 Å². The smallest absolute Gasteiger partial charge is 0.317 e. The van der Waals surface area contributed by atoms with Crippen molar-refractivity contribution in [1.82, 2.24) is 5.43 Å². The Hall–Kier alpha value is -2.18. The third-order valence-corrected chi connectivity index (χ3v) is 3.52. The Bertz CT molecular complexity index is 717. The summed E-state index contributed by atoms with van der Waals surface area (Å²) >= 11 is 9.03. The largest absolute Gasteiger partial charge is 0.329 e. The molecule has 2 rings (SSSR count). The normalized spacial score (nSPS) is 10.5. The van der Waals surface area contributed by atoms with Crippen molar-refractivity contribution in [3.8, 4) is 0 Å². The number of nitrogens with zero attached hydrogens (tertiary/aromatic N) is 1. The summed E-state index contributed by atoms with van der Waals surface area (Å²) in [5.74, 6) is -1.67. The van der Waals surface area contributed by atoms with E-state index in [4.69, 9.17) is 11.6 Å². The molecule has 0 radical (unpaired) electrons. The average molecular weight is 381 g/mol. The zero-order valence-electron chi connectivity index (χ0n) is 11.2. The SMILES string of the molecule is O=C(N/N=C\c1ccc(Cl)cc1)C(=O)Nc1ccccc1Br. The van der Waals surface area contributed by atoms with Crippen LogP contribution >= 0.6 is 27.5 Å². The molecule has 0 spiro atoms. The molecule has 0 aliphatic carbocycles. The summed E-state index contributed by atoms with van der Waals surface area (Å²) in [6.07, 6.45) is 1.42. The van der Waals surface area contributed by atoms with Gasteiger partial charge in [0.15, 0.2) is 0 Å². The molecule has 0 unspecified atom stereocenters. The number of hydrazone groups is 1. The molecule has 0 aliphatic heterocycles. The van der Waals surface area contributed by atoms with E-state index < -0.39 is 11.8 Å². The molecule has 0 heterocycles. The van der Waals surface area contributed by atoms with Gasteiger partial charge in [-0.25, -0.2) is 5.43 Å². The molecule has 0 aromatic heterocycles. The number of carbonyl (C=O) groups excluding carboxylic acids is 2.